The zero-order valence-electron chi connectivity index (χ0n) is 8.67. The monoisotopic (exact) mass is 222 g/mol. The van der Waals surface area contributed by atoms with E-state index in [9.17, 15) is 10.2 Å². The first-order chi connectivity index (χ1) is 7.72. The summed E-state index contributed by atoms with van der Waals surface area (Å²) in [5.74, 6) is 0. The van der Waals surface area contributed by atoms with Crippen LogP contribution in [0.4, 0.5) is 0 Å². The number of aromatic nitrogens is 3. The molecule has 0 bridgehead atoms. The molecule has 2 aromatic rings. The van der Waals surface area contributed by atoms with Gasteiger partial charge in [0.15, 0.2) is 5.65 Å². The van der Waals surface area contributed by atoms with Crippen LogP contribution >= 0.6 is 0 Å². The first-order valence-electron chi connectivity index (χ1n) is 5.07. The number of fused-ring (bicyclic) bond motifs is 1. The highest BCUT2D eigenvalue weighted by Crippen LogP contribution is 2.20. The van der Waals surface area contributed by atoms with Gasteiger partial charge in [-0.3, -0.25) is 0 Å². The van der Waals surface area contributed by atoms with Crippen LogP contribution < -0.4 is 5.73 Å². The number of hydrogen-bond acceptors (Lipinski definition) is 5. The van der Waals surface area contributed by atoms with Gasteiger partial charge in [-0.25, -0.2) is 9.97 Å². The molecule has 16 heavy (non-hydrogen) atoms. The van der Waals surface area contributed by atoms with Crippen molar-refractivity contribution < 1.29 is 10.2 Å². The first kappa shape index (κ1) is 11.0. The molecule has 2 aromatic heterocycles. The number of rotatable bonds is 4. The average molecular weight is 222 g/mol. The number of hydrogen-bond donors (Lipinski definition) is 4. The Kier molecular flexibility index (Phi) is 3.14. The molecule has 2 unspecified atom stereocenters. The molecule has 0 aliphatic rings. The summed E-state index contributed by atoms with van der Waals surface area (Å²) in [5, 5.41) is 19.4. The zero-order valence-corrected chi connectivity index (χ0v) is 8.67. The third kappa shape index (κ3) is 2.04. The van der Waals surface area contributed by atoms with Gasteiger partial charge in [0.1, 0.15) is 6.10 Å². The zero-order chi connectivity index (χ0) is 11.5. The molecule has 2 rings (SSSR count). The molecule has 0 amide bonds. The van der Waals surface area contributed by atoms with E-state index in [-0.39, 0.29) is 0 Å². The molecule has 6 nitrogen and oxygen atoms in total. The lowest BCUT2D eigenvalue weighted by atomic mass is 10.0. The largest absolute Gasteiger partial charge is 0.390 e. The number of aromatic amines is 1. The van der Waals surface area contributed by atoms with E-state index in [1.165, 1.54) is 12.5 Å². The molecule has 0 saturated heterocycles. The Morgan fingerprint density at radius 2 is 2.19 bits per heavy atom. The lowest BCUT2D eigenvalue weighted by Gasteiger charge is -2.16. The van der Waals surface area contributed by atoms with Crippen LogP contribution in [0.1, 0.15) is 18.1 Å². The lowest BCUT2D eigenvalue weighted by Crippen LogP contribution is -2.21. The summed E-state index contributed by atoms with van der Waals surface area (Å²) in [6, 6.07) is 1.72. The van der Waals surface area contributed by atoms with Gasteiger partial charge < -0.3 is 20.9 Å². The first-order valence-corrected chi connectivity index (χ1v) is 5.07. The topological polar surface area (TPSA) is 108 Å². The van der Waals surface area contributed by atoms with Gasteiger partial charge in [-0.05, 0) is 19.0 Å². The van der Waals surface area contributed by atoms with E-state index in [0.29, 0.717) is 24.2 Å². The highest BCUT2D eigenvalue weighted by atomic mass is 16.3. The lowest BCUT2D eigenvalue weighted by molar-refractivity contribution is 0.0149. The molecule has 0 aliphatic carbocycles. The number of nitrogens with zero attached hydrogens (tertiary/aromatic N) is 2. The Bertz CT molecular complexity index is 471. The van der Waals surface area contributed by atoms with Crippen molar-refractivity contribution in [1.29, 1.82) is 0 Å². The number of aliphatic hydroxyl groups excluding tert-OH is 2. The predicted octanol–water partition coefficient (Wildman–Crippen LogP) is -0.299. The van der Waals surface area contributed by atoms with Crippen molar-refractivity contribution in [3.05, 3.63) is 24.2 Å². The number of imidazole rings is 1. The van der Waals surface area contributed by atoms with Crippen molar-refractivity contribution in [3.8, 4) is 0 Å². The second-order valence-corrected chi connectivity index (χ2v) is 3.63. The summed E-state index contributed by atoms with van der Waals surface area (Å²) < 4.78 is 0. The minimum atomic E-state index is -0.969. The molecule has 6 heteroatoms. The minimum absolute atomic E-state index is 0.331. The fraction of sp³-hybridized carbons (Fsp3) is 0.400. The number of nitrogens with two attached hydrogens (primary N) is 1. The molecule has 2 atom stereocenters. The van der Waals surface area contributed by atoms with Gasteiger partial charge in [0, 0.05) is 11.8 Å². The predicted molar refractivity (Wildman–Crippen MR) is 58.5 cm³/mol. The summed E-state index contributed by atoms with van der Waals surface area (Å²) in [6.07, 6.45) is 1.55. The van der Waals surface area contributed by atoms with Gasteiger partial charge in [-0.1, -0.05) is 0 Å². The summed E-state index contributed by atoms with van der Waals surface area (Å²) in [6.45, 7) is 0.331. The van der Waals surface area contributed by atoms with E-state index < -0.39 is 12.2 Å². The van der Waals surface area contributed by atoms with Gasteiger partial charge in [-0.15, -0.1) is 0 Å². The van der Waals surface area contributed by atoms with Crippen LogP contribution in [0, 0.1) is 0 Å². The molecule has 86 valence electrons. The number of H-pyrrole nitrogens is 1. The quantitative estimate of drug-likeness (QED) is 0.568. The molecule has 0 spiro atoms. The minimum Gasteiger partial charge on any atom is -0.390 e. The van der Waals surface area contributed by atoms with E-state index in [0.717, 1.165) is 5.52 Å². The van der Waals surface area contributed by atoms with Gasteiger partial charge in [0.05, 0.1) is 17.9 Å². The standard InChI is InChI=1S/C10H14N4O2/c11-2-1-8(15)9(16)6-3-7-10(12-4-6)14-5-13-7/h3-5,8-9,15-16H,1-2,11H2,(H,12,13,14). The smallest absolute Gasteiger partial charge is 0.177 e. The number of nitrogens with one attached hydrogen (secondary N) is 1. The van der Waals surface area contributed by atoms with E-state index in [1.54, 1.807) is 6.07 Å². The molecule has 0 aromatic carbocycles. The summed E-state index contributed by atoms with van der Waals surface area (Å²) in [4.78, 5) is 10.9. The average Bonchev–Trinajstić information content (AvgIpc) is 2.75. The van der Waals surface area contributed by atoms with Crippen LogP contribution in [0.15, 0.2) is 18.6 Å². The highest BCUT2D eigenvalue weighted by Gasteiger charge is 2.18. The SMILES string of the molecule is NCCC(O)C(O)c1cnc2nc[nH]c2c1. The molecule has 0 aliphatic heterocycles. The molecular weight excluding hydrogens is 208 g/mol. The van der Waals surface area contributed by atoms with Crippen LogP contribution in [0.25, 0.3) is 11.2 Å². The maximum Gasteiger partial charge on any atom is 0.177 e. The Balaban J connectivity index is 2.24. The highest BCUT2D eigenvalue weighted by molar-refractivity contribution is 5.70. The summed E-state index contributed by atoms with van der Waals surface area (Å²) >= 11 is 0. The Labute approximate surface area is 92.1 Å². The van der Waals surface area contributed by atoms with Crippen molar-refractivity contribution in [2.75, 3.05) is 6.54 Å². The van der Waals surface area contributed by atoms with Crippen LogP contribution in [-0.4, -0.2) is 37.8 Å². The van der Waals surface area contributed by atoms with Crippen LogP contribution in [-0.2, 0) is 0 Å². The van der Waals surface area contributed by atoms with Crippen molar-refractivity contribution in [2.24, 2.45) is 5.73 Å². The maximum atomic E-state index is 9.84. The van der Waals surface area contributed by atoms with E-state index in [1.807, 2.05) is 0 Å². The summed E-state index contributed by atoms with van der Waals surface area (Å²) in [7, 11) is 0. The maximum absolute atomic E-state index is 9.84. The van der Waals surface area contributed by atoms with Crippen LogP contribution in [0.5, 0.6) is 0 Å². The van der Waals surface area contributed by atoms with E-state index >= 15 is 0 Å². The molecule has 0 saturated carbocycles. The third-order valence-corrected chi connectivity index (χ3v) is 2.46. The van der Waals surface area contributed by atoms with Crippen molar-refractivity contribution in [2.45, 2.75) is 18.6 Å². The third-order valence-electron chi connectivity index (χ3n) is 2.46. The second kappa shape index (κ2) is 4.56. The molecule has 2 heterocycles. The van der Waals surface area contributed by atoms with Crippen molar-refractivity contribution >= 4 is 11.2 Å². The fourth-order valence-corrected chi connectivity index (χ4v) is 1.56. The molecule has 5 N–H and O–H groups in total. The van der Waals surface area contributed by atoms with Gasteiger partial charge in [-0.2, -0.15) is 0 Å². The molecule has 0 fully saturated rings. The normalized spacial score (nSPS) is 15.2. The van der Waals surface area contributed by atoms with Crippen LogP contribution in [0.3, 0.4) is 0 Å². The van der Waals surface area contributed by atoms with Gasteiger partial charge in [0.25, 0.3) is 0 Å². The second-order valence-electron chi connectivity index (χ2n) is 3.63. The van der Waals surface area contributed by atoms with Gasteiger partial charge in [0.2, 0.25) is 0 Å². The van der Waals surface area contributed by atoms with E-state index in [2.05, 4.69) is 15.0 Å². The van der Waals surface area contributed by atoms with Crippen LogP contribution in [0.2, 0.25) is 0 Å². The summed E-state index contributed by atoms with van der Waals surface area (Å²) in [5.41, 5.74) is 7.19. The Morgan fingerprint density at radius 3 is 2.94 bits per heavy atom. The van der Waals surface area contributed by atoms with Crippen molar-refractivity contribution in [1.82, 2.24) is 15.0 Å². The number of aliphatic hydroxyl groups is 2. The molecular formula is C10H14N4O2. The van der Waals surface area contributed by atoms with Crippen molar-refractivity contribution in [3.63, 3.8) is 0 Å². The fourth-order valence-electron chi connectivity index (χ4n) is 1.56. The Morgan fingerprint density at radius 1 is 1.38 bits per heavy atom. The van der Waals surface area contributed by atoms with E-state index in [4.69, 9.17) is 5.73 Å². The van der Waals surface area contributed by atoms with Gasteiger partial charge >= 0.3 is 0 Å². The Hall–Kier alpha value is -1.50. The molecule has 0 radical (unpaired) electrons. The number of pyridine rings is 1.